The molecule has 0 spiro atoms. The number of aliphatic hydroxyl groups excluding tert-OH is 1. The van der Waals surface area contributed by atoms with Gasteiger partial charge in [0.1, 0.15) is 17.1 Å². The monoisotopic (exact) mass is 316 g/mol. The average molecular weight is 317 g/mol. The van der Waals surface area contributed by atoms with Gasteiger partial charge in [-0.1, -0.05) is 24.3 Å². The maximum Gasteiger partial charge on any atom is 0.345 e. The van der Waals surface area contributed by atoms with Crippen molar-refractivity contribution < 1.29 is 19.4 Å². The number of halogens is 1. The first-order valence-electron chi connectivity index (χ1n) is 6.70. The number of aliphatic hydroxyl groups is 1. The molecule has 2 aromatic rings. The van der Waals surface area contributed by atoms with Crippen molar-refractivity contribution in [2.24, 2.45) is 0 Å². The van der Waals surface area contributed by atoms with Crippen LogP contribution in [0.2, 0.25) is 0 Å². The number of para-hydroxylation sites is 1. The minimum Gasteiger partial charge on any atom is -0.460 e. The summed E-state index contributed by atoms with van der Waals surface area (Å²) >= 11 is 5.80. The number of carbonyl (C=O) groups excluding carboxylic acids is 1. The Labute approximate surface area is 132 Å². The minimum atomic E-state index is -1.36. The first kappa shape index (κ1) is 14.6. The van der Waals surface area contributed by atoms with Crippen LogP contribution in [0.5, 0.6) is 11.5 Å². The Balaban J connectivity index is 1.88. The van der Waals surface area contributed by atoms with Crippen molar-refractivity contribution in [2.75, 3.05) is 0 Å². The summed E-state index contributed by atoms with van der Waals surface area (Å²) < 4.78 is 10.6. The Hall–Kier alpha value is -2.30. The summed E-state index contributed by atoms with van der Waals surface area (Å²) in [6, 6.07) is 14.0. The molecule has 4 nitrogen and oxygen atoms in total. The van der Waals surface area contributed by atoms with Crippen LogP contribution < -0.4 is 9.47 Å². The van der Waals surface area contributed by atoms with E-state index >= 15 is 0 Å². The highest BCUT2D eigenvalue weighted by molar-refractivity contribution is 6.17. The summed E-state index contributed by atoms with van der Waals surface area (Å²) in [6.45, 7) is 0. The third-order valence-electron chi connectivity index (χ3n) is 3.23. The largest absolute Gasteiger partial charge is 0.460 e. The lowest BCUT2D eigenvalue weighted by Gasteiger charge is -2.22. The first-order chi connectivity index (χ1) is 10.7. The number of esters is 1. The van der Waals surface area contributed by atoms with E-state index in [1.54, 1.807) is 42.5 Å². The van der Waals surface area contributed by atoms with Crippen molar-refractivity contribution in [1.82, 2.24) is 0 Å². The van der Waals surface area contributed by atoms with Crippen molar-refractivity contribution in [1.29, 1.82) is 0 Å². The maximum absolute atomic E-state index is 12.2. The van der Waals surface area contributed by atoms with E-state index in [9.17, 15) is 9.90 Å². The predicted molar refractivity (Wildman–Crippen MR) is 82.7 cm³/mol. The molecular weight excluding hydrogens is 304 g/mol. The second-order valence-electron chi connectivity index (χ2n) is 4.78. The number of hydrogen-bond acceptors (Lipinski definition) is 4. The zero-order valence-electron chi connectivity index (χ0n) is 11.5. The number of hydrogen-bond donors (Lipinski definition) is 1. The molecule has 22 heavy (non-hydrogen) atoms. The Morgan fingerprint density at radius 1 is 1.23 bits per heavy atom. The molecule has 112 valence electrons. The SMILES string of the molecule is O=C(Oc1ccccc1)C1=Cc2cc(CCl)ccc2OC1O. The predicted octanol–water partition coefficient (Wildman–Crippen LogP) is 3.13. The van der Waals surface area contributed by atoms with Crippen LogP contribution in [0.1, 0.15) is 11.1 Å². The van der Waals surface area contributed by atoms with E-state index in [0.29, 0.717) is 22.9 Å². The molecule has 3 rings (SSSR count). The Morgan fingerprint density at radius 3 is 2.73 bits per heavy atom. The molecule has 1 unspecified atom stereocenters. The summed E-state index contributed by atoms with van der Waals surface area (Å²) in [4.78, 5) is 12.2. The van der Waals surface area contributed by atoms with Gasteiger partial charge in [-0.2, -0.15) is 0 Å². The number of alkyl halides is 1. The van der Waals surface area contributed by atoms with Crippen molar-refractivity contribution in [3.05, 3.63) is 65.2 Å². The standard InChI is InChI=1S/C17H13ClO4/c18-10-11-6-7-15-12(8-11)9-14(17(20)22-15)16(19)21-13-4-2-1-3-5-13/h1-9,17,20H,10H2. The first-order valence-corrected chi connectivity index (χ1v) is 7.23. The molecule has 1 aliphatic heterocycles. The molecule has 2 aromatic carbocycles. The second kappa shape index (κ2) is 6.22. The van der Waals surface area contributed by atoms with E-state index in [1.807, 2.05) is 12.1 Å². The second-order valence-corrected chi connectivity index (χ2v) is 5.05. The van der Waals surface area contributed by atoms with Crippen molar-refractivity contribution in [3.8, 4) is 11.5 Å². The molecule has 0 saturated carbocycles. The minimum absolute atomic E-state index is 0.0445. The van der Waals surface area contributed by atoms with Gasteiger partial charge in [-0.15, -0.1) is 11.6 Å². The number of rotatable bonds is 3. The third kappa shape index (κ3) is 2.98. The Kier molecular flexibility index (Phi) is 4.13. The van der Waals surface area contributed by atoms with Gasteiger partial charge in [0.25, 0.3) is 0 Å². The zero-order valence-corrected chi connectivity index (χ0v) is 12.3. The van der Waals surface area contributed by atoms with E-state index < -0.39 is 12.3 Å². The van der Waals surface area contributed by atoms with Gasteiger partial charge < -0.3 is 14.6 Å². The van der Waals surface area contributed by atoms with Crippen LogP contribution in [0.4, 0.5) is 0 Å². The van der Waals surface area contributed by atoms with E-state index in [0.717, 1.165) is 5.56 Å². The average Bonchev–Trinajstić information content (AvgIpc) is 2.54. The van der Waals surface area contributed by atoms with Gasteiger partial charge in [-0.3, -0.25) is 0 Å². The summed E-state index contributed by atoms with van der Waals surface area (Å²) in [5, 5.41) is 9.97. The molecular formula is C17H13ClO4. The highest BCUT2D eigenvalue weighted by Crippen LogP contribution is 2.30. The van der Waals surface area contributed by atoms with Crippen LogP contribution in [-0.2, 0) is 10.7 Å². The molecule has 0 saturated heterocycles. The fourth-order valence-electron chi connectivity index (χ4n) is 2.14. The molecule has 0 radical (unpaired) electrons. The molecule has 0 amide bonds. The van der Waals surface area contributed by atoms with Crippen LogP contribution in [0.3, 0.4) is 0 Å². The normalized spacial score (nSPS) is 16.3. The number of fused-ring (bicyclic) bond motifs is 1. The van der Waals surface area contributed by atoms with Crippen molar-refractivity contribution in [2.45, 2.75) is 12.2 Å². The molecule has 0 aromatic heterocycles. The van der Waals surface area contributed by atoms with Gasteiger partial charge in [0.2, 0.25) is 6.29 Å². The molecule has 0 aliphatic carbocycles. The van der Waals surface area contributed by atoms with E-state index in [1.165, 1.54) is 0 Å². The molecule has 1 heterocycles. The highest BCUT2D eigenvalue weighted by atomic mass is 35.5. The summed E-state index contributed by atoms with van der Waals surface area (Å²) in [6.07, 6.45) is 0.204. The topological polar surface area (TPSA) is 55.8 Å². The zero-order chi connectivity index (χ0) is 15.5. The van der Waals surface area contributed by atoms with Crippen LogP contribution in [0, 0.1) is 0 Å². The molecule has 1 N–H and O–H groups in total. The number of benzene rings is 2. The van der Waals surface area contributed by atoms with Crippen LogP contribution in [0.25, 0.3) is 6.08 Å². The van der Waals surface area contributed by atoms with E-state index in [2.05, 4.69) is 0 Å². The molecule has 5 heteroatoms. The van der Waals surface area contributed by atoms with Gasteiger partial charge in [-0.25, -0.2) is 4.79 Å². The fraction of sp³-hybridized carbons (Fsp3) is 0.118. The van der Waals surface area contributed by atoms with Crippen molar-refractivity contribution in [3.63, 3.8) is 0 Å². The summed E-state index contributed by atoms with van der Waals surface area (Å²) in [7, 11) is 0. The van der Waals surface area contributed by atoms with Crippen LogP contribution in [-0.4, -0.2) is 17.4 Å². The van der Waals surface area contributed by atoms with Gasteiger partial charge in [0.05, 0.1) is 0 Å². The molecule has 1 atom stereocenters. The smallest absolute Gasteiger partial charge is 0.345 e. The lowest BCUT2D eigenvalue weighted by atomic mass is 10.0. The fourth-order valence-corrected chi connectivity index (χ4v) is 2.30. The summed E-state index contributed by atoms with van der Waals surface area (Å²) in [5.41, 5.74) is 1.62. The van der Waals surface area contributed by atoms with Gasteiger partial charge in [0.15, 0.2) is 0 Å². The molecule has 0 fully saturated rings. The maximum atomic E-state index is 12.2. The van der Waals surface area contributed by atoms with Gasteiger partial charge in [0, 0.05) is 11.4 Å². The van der Waals surface area contributed by atoms with Crippen molar-refractivity contribution >= 4 is 23.6 Å². The third-order valence-corrected chi connectivity index (χ3v) is 3.54. The molecule has 0 bridgehead atoms. The lowest BCUT2D eigenvalue weighted by Crippen LogP contribution is -2.29. The van der Waals surface area contributed by atoms with E-state index in [4.69, 9.17) is 21.1 Å². The van der Waals surface area contributed by atoms with Gasteiger partial charge in [-0.05, 0) is 35.9 Å². The highest BCUT2D eigenvalue weighted by Gasteiger charge is 2.27. The Bertz CT molecular complexity index is 725. The Morgan fingerprint density at radius 2 is 2.00 bits per heavy atom. The number of carbonyl (C=O) groups is 1. The van der Waals surface area contributed by atoms with Gasteiger partial charge >= 0.3 is 5.97 Å². The van der Waals surface area contributed by atoms with E-state index in [-0.39, 0.29) is 5.57 Å². The number of ether oxygens (including phenoxy) is 2. The summed E-state index contributed by atoms with van der Waals surface area (Å²) in [5.74, 6) is 0.604. The van der Waals surface area contributed by atoms with Crippen LogP contribution in [0.15, 0.2) is 54.1 Å². The lowest BCUT2D eigenvalue weighted by molar-refractivity contribution is -0.133. The van der Waals surface area contributed by atoms with Crippen LogP contribution >= 0.6 is 11.6 Å². The molecule has 1 aliphatic rings. The quantitative estimate of drug-likeness (QED) is 0.537.